The summed E-state index contributed by atoms with van der Waals surface area (Å²) in [7, 11) is 0. The van der Waals surface area contributed by atoms with Crippen molar-refractivity contribution in [1.29, 1.82) is 0 Å². The molecule has 0 bridgehead atoms. The van der Waals surface area contributed by atoms with Crippen LogP contribution in [0.15, 0.2) is 4.52 Å². The molecule has 2 rings (SSSR count). The summed E-state index contributed by atoms with van der Waals surface area (Å²) >= 11 is 0. The molecule has 6 nitrogen and oxygen atoms in total. The average molecular weight is 266 g/mol. The van der Waals surface area contributed by atoms with Crippen LogP contribution < -0.4 is 10.6 Å². The lowest BCUT2D eigenvalue weighted by atomic mass is 9.76. The molecule has 0 spiro atoms. The van der Waals surface area contributed by atoms with Gasteiger partial charge in [-0.25, -0.2) is 0 Å². The Morgan fingerprint density at radius 2 is 2.42 bits per heavy atom. The van der Waals surface area contributed by atoms with Crippen molar-refractivity contribution in [2.45, 2.75) is 46.1 Å². The molecule has 1 aromatic rings. The minimum Gasteiger partial charge on any atom is -0.346 e. The van der Waals surface area contributed by atoms with Gasteiger partial charge in [0, 0.05) is 6.54 Å². The molecule has 1 saturated heterocycles. The Balaban J connectivity index is 1.95. The number of hydrogen-bond donors (Lipinski definition) is 2. The van der Waals surface area contributed by atoms with Crippen LogP contribution >= 0.6 is 0 Å². The number of nitrogens with one attached hydrogen (secondary N) is 2. The lowest BCUT2D eigenvalue weighted by molar-refractivity contribution is -0.133. The van der Waals surface area contributed by atoms with Crippen LogP contribution in [-0.2, 0) is 11.3 Å². The summed E-state index contributed by atoms with van der Waals surface area (Å²) in [4.78, 5) is 16.5. The second kappa shape index (κ2) is 6.14. The van der Waals surface area contributed by atoms with Gasteiger partial charge in [0.15, 0.2) is 5.82 Å². The van der Waals surface area contributed by atoms with Gasteiger partial charge < -0.3 is 15.2 Å². The summed E-state index contributed by atoms with van der Waals surface area (Å²) in [5.74, 6) is 1.14. The van der Waals surface area contributed by atoms with E-state index in [9.17, 15) is 4.79 Å². The lowest BCUT2D eigenvalue weighted by Crippen LogP contribution is -2.50. The summed E-state index contributed by atoms with van der Waals surface area (Å²) in [6, 6.07) is 0. The quantitative estimate of drug-likeness (QED) is 0.836. The largest absolute Gasteiger partial charge is 0.346 e. The fourth-order valence-electron chi connectivity index (χ4n) is 2.72. The molecule has 1 aromatic heterocycles. The molecule has 1 aliphatic heterocycles. The van der Waals surface area contributed by atoms with Gasteiger partial charge in [0.25, 0.3) is 0 Å². The van der Waals surface area contributed by atoms with Gasteiger partial charge in [0.1, 0.15) is 0 Å². The number of aryl methyl sites for hydroxylation is 1. The zero-order valence-electron chi connectivity index (χ0n) is 11.7. The van der Waals surface area contributed by atoms with Crippen LogP contribution in [0.2, 0.25) is 0 Å². The number of rotatable bonds is 5. The van der Waals surface area contributed by atoms with E-state index in [-0.39, 0.29) is 11.3 Å². The Labute approximate surface area is 113 Å². The lowest BCUT2D eigenvalue weighted by Gasteiger charge is -2.36. The maximum Gasteiger partial charge on any atom is 0.246 e. The van der Waals surface area contributed by atoms with Gasteiger partial charge in [-0.3, -0.25) is 4.79 Å². The SMILES string of the molecule is CCCC1(C(=O)NCc2nc(C)no2)CCCNC1. The van der Waals surface area contributed by atoms with E-state index in [0.717, 1.165) is 38.8 Å². The highest BCUT2D eigenvalue weighted by Crippen LogP contribution is 2.31. The maximum atomic E-state index is 12.4. The highest BCUT2D eigenvalue weighted by molar-refractivity contribution is 5.82. The smallest absolute Gasteiger partial charge is 0.246 e. The standard InChI is InChI=1S/C13H22N4O2/c1-3-5-13(6-4-7-14-9-13)12(18)15-8-11-16-10(2)17-19-11/h14H,3-9H2,1-2H3,(H,15,18). The number of carbonyl (C=O) groups excluding carboxylic acids is 1. The molecule has 1 aliphatic rings. The minimum absolute atomic E-state index is 0.0948. The number of amides is 1. The second-order valence-electron chi connectivity index (χ2n) is 5.23. The molecule has 106 valence electrons. The summed E-state index contributed by atoms with van der Waals surface area (Å²) in [6.45, 7) is 5.95. The Kier molecular flexibility index (Phi) is 4.52. The van der Waals surface area contributed by atoms with Crippen LogP contribution in [0.25, 0.3) is 0 Å². The van der Waals surface area contributed by atoms with E-state index < -0.39 is 0 Å². The molecule has 1 fully saturated rings. The predicted molar refractivity (Wildman–Crippen MR) is 70.3 cm³/mol. The number of hydrogen-bond acceptors (Lipinski definition) is 5. The first kappa shape index (κ1) is 14.0. The molecule has 0 radical (unpaired) electrons. The van der Waals surface area contributed by atoms with Gasteiger partial charge in [-0.15, -0.1) is 0 Å². The van der Waals surface area contributed by atoms with Crippen molar-refractivity contribution in [2.24, 2.45) is 5.41 Å². The molecule has 1 amide bonds. The molecule has 0 aromatic carbocycles. The molecule has 1 unspecified atom stereocenters. The monoisotopic (exact) mass is 266 g/mol. The van der Waals surface area contributed by atoms with E-state index in [1.807, 2.05) is 0 Å². The fraction of sp³-hybridized carbons (Fsp3) is 0.769. The van der Waals surface area contributed by atoms with Gasteiger partial charge >= 0.3 is 0 Å². The van der Waals surface area contributed by atoms with Crippen molar-refractivity contribution in [1.82, 2.24) is 20.8 Å². The third kappa shape index (κ3) is 3.32. The molecular formula is C13H22N4O2. The number of carbonyl (C=O) groups is 1. The van der Waals surface area contributed by atoms with Crippen molar-refractivity contribution in [3.05, 3.63) is 11.7 Å². The fourth-order valence-corrected chi connectivity index (χ4v) is 2.72. The first-order valence-electron chi connectivity index (χ1n) is 6.94. The predicted octanol–water partition coefficient (Wildman–Crippen LogP) is 1.16. The van der Waals surface area contributed by atoms with Gasteiger partial charge in [0.05, 0.1) is 12.0 Å². The van der Waals surface area contributed by atoms with Crippen molar-refractivity contribution < 1.29 is 9.32 Å². The Bertz CT molecular complexity index is 419. The van der Waals surface area contributed by atoms with Crippen LogP contribution in [0.1, 0.15) is 44.3 Å². The molecule has 2 N–H and O–H groups in total. The Morgan fingerprint density at radius 1 is 1.58 bits per heavy atom. The van der Waals surface area contributed by atoms with Gasteiger partial charge in [-0.1, -0.05) is 18.5 Å². The van der Waals surface area contributed by atoms with Crippen LogP contribution in [-0.4, -0.2) is 29.1 Å². The number of aromatic nitrogens is 2. The van der Waals surface area contributed by atoms with E-state index in [1.165, 1.54) is 0 Å². The molecular weight excluding hydrogens is 244 g/mol. The molecule has 0 aliphatic carbocycles. The number of nitrogens with zero attached hydrogens (tertiary/aromatic N) is 2. The summed E-state index contributed by atoms with van der Waals surface area (Å²) in [5, 5.41) is 9.97. The third-order valence-corrected chi connectivity index (χ3v) is 3.65. The van der Waals surface area contributed by atoms with Gasteiger partial charge in [0.2, 0.25) is 11.8 Å². The van der Waals surface area contributed by atoms with Crippen LogP contribution in [0.5, 0.6) is 0 Å². The topological polar surface area (TPSA) is 80.1 Å². The highest BCUT2D eigenvalue weighted by atomic mass is 16.5. The molecule has 2 heterocycles. The Morgan fingerprint density at radius 3 is 3.00 bits per heavy atom. The van der Waals surface area contributed by atoms with Crippen LogP contribution in [0, 0.1) is 12.3 Å². The number of piperidine rings is 1. The van der Waals surface area contributed by atoms with Gasteiger partial charge in [-0.05, 0) is 32.7 Å². The zero-order valence-corrected chi connectivity index (χ0v) is 11.7. The van der Waals surface area contributed by atoms with E-state index >= 15 is 0 Å². The summed E-state index contributed by atoms with van der Waals surface area (Å²) in [6.07, 6.45) is 3.92. The highest BCUT2D eigenvalue weighted by Gasteiger charge is 2.38. The molecule has 19 heavy (non-hydrogen) atoms. The van der Waals surface area contributed by atoms with E-state index in [0.29, 0.717) is 18.3 Å². The summed E-state index contributed by atoms with van der Waals surface area (Å²) in [5.41, 5.74) is -0.276. The second-order valence-corrected chi connectivity index (χ2v) is 5.23. The van der Waals surface area contributed by atoms with Crippen LogP contribution in [0.3, 0.4) is 0 Å². The minimum atomic E-state index is -0.276. The van der Waals surface area contributed by atoms with E-state index in [4.69, 9.17) is 4.52 Å². The normalized spacial score (nSPS) is 23.3. The van der Waals surface area contributed by atoms with Crippen molar-refractivity contribution in [2.75, 3.05) is 13.1 Å². The first-order chi connectivity index (χ1) is 9.16. The van der Waals surface area contributed by atoms with Crippen molar-refractivity contribution >= 4 is 5.91 Å². The van der Waals surface area contributed by atoms with Crippen molar-refractivity contribution in [3.63, 3.8) is 0 Å². The van der Waals surface area contributed by atoms with Gasteiger partial charge in [-0.2, -0.15) is 4.98 Å². The zero-order chi connectivity index (χ0) is 13.7. The van der Waals surface area contributed by atoms with Crippen LogP contribution in [0.4, 0.5) is 0 Å². The first-order valence-corrected chi connectivity index (χ1v) is 6.94. The van der Waals surface area contributed by atoms with E-state index in [2.05, 4.69) is 27.7 Å². The molecule has 0 saturated carbocycles. The molecule has 1 atom stereocenters. The van der Waals surface area contributed by atoms with E-state index in [1.54, 1.807) is 6.92 Å². The average Bonchev–Trinajstić information content (AvgIpc) is 2.83. The maximum absolute atomic E-state index is 12.4. The molecule has 6 heteroatoms. The third-order valence-electron chi connectivity index (χ3n) is 3.65. The van der Waals surface area contributed by atoms with Crippen molar-refractivity contribution in [3.8, 4) is 0 Å². The summed E-state index contributed by atoms with van der Waals surface area (Å²) < 4.78 is 5.00. The Hall–Kier alpha value is -1.43.